The summed E-state index contributed by atoms with van der Waals surface area (Å²) in [4.78, 5) is 15.3. The summed E-state index contributed by atoms with van der Waals surface area (Å²) in [6, 6.07) is 9.43. The molecule has 2 heterocycles. The van der Waals surface area contributed by atoms with Crippen molar-refractivity contribution in [2.24, 2.45) is 0 Å². The number of carbonyl (C=O) groups is 1. The fourth-order valence-corrected chi connectivity index (χ4v) is 5.82. The van der Waals surface area contributed by atoms with Crippen LogP contribution in [0.1, 0.15) is 35.7 Å². The van der Waals surface area contributed by atoms with E-state index in [-0.39, 0.29) is 17.3 Å². The SMILES string of the molecule is CN(C1CCCc2c1cnn2CC(=O)O)S(=O)(=O)c1cnc(Oc2ccc(C#N)cc2)c(Br)c1. The Bertz CT molecular complexity index is 1380. The molecule has 0 spiro atoms. The summed E-state index contributed by atoms with van der Waals surface area (Å²) in [5.74, 6) is -0.373. The minimum absolute atomic E-state index is 0.0147. The number of benzene rings is 1. The van der Waals surface area contributed by atoms with E-state index in [9.17, 15) is 13.2 Å². The molecule has 0 amide bonds. The highest BCUT2D eigenvalue weighted by molar-refractivity contribution is 9.10. The van der Waals surface area contributed by atoms with E-state index < -0.39 is 22.0 Å². The van der Waals surface area contributed by atoms with Crippen molar-refractivity contribution in [3.8, 4) is 17.7 Å². The molecule has 0 saturated heterocycles. The Morgan fingerprint density at radius 2 is 2.09 bits per heavy atom. The van der Waals surface area contributed by atoms with Gasteiger partial charge in [-0.25, -0.2) is 13.4 Å². The predicted molar refractivity (Wildman–Crippen MR) is 124 cm³/mol. The van der Waals surface area contributed by atoms with Gasteiger partial charge in [-0.3, -0.25) is 9.48 Å². The number of nitriles is 1. The summed E-state index contributed by atoms with van der Waals surface area (Å²) in [5.41, 5.74) is 1.95. The number of hydrogen-bond acceptors (Lipinski definition) is 7. The molecular weight excluding hydrogens is 526 g/mol. The Morgan fingerprint density at radius 1 is 1.35 bits per heavy atom. The smallest absolute Gasteiger partial charge is 0.325 e. The first-order valence-electron chi connectivity index (χ1n) is 10.3. The molecule has 1 N–H and O–H groups in total. The van der Waals surface area contributed by atoms with Crippen LogP contribution < -0.4 is 4.74 Å². The third-order valence-electron chi connectivity index (χ3n) is 5.61. The number of carboxylic acid groups (broad SMARTS) is 1. The molecule has 1 unspecified atom stereocenters. The predicted octanol–water partition coefficient (Wildman–Crippen LogP) is 3.49. The van der Waals surface area contributed by atoms with E-state index in [2.05, 4.69) is 26.0 Å². The van der Waals surface area contributed by atoms with E-state index in [1.807, 2.05) is 6.07 Å². The third kappa shape index (κ3) is 4.68. The summed E-state index contributed by atoms with van der Waals surface area (Å²) in [6.07, 6.45) is 4.73. The monoisotopic (exact) mass is 545 g/mol. The largest absolute Gasteiger partial charge is 0.480 e. The lowest BCUT2D eigenvalue weighted by atomic mass is 9.93. The molecule has 34 heavy (non-hydrogen) atoms. The molecule has 1 aliphatic carbocycles. The zero-order valence-corrected chi connectivity index (χ0v) is 20.5. The quantitative estimate of drug-likeness (QED) is 0.475. The molecule has 1 atom stereocenters. The molecule has 0 fully saturated rings. The molecule has 1 aromatic carbocycles. The number of fused-ring (bicyclic) bond motifs is 1. The second-order valence-corrected chi connectivity index (χ2v) is 10.6. The van der Waals surface area contributed by atoms with Gasteiger partial charge in [0.2, 0.25) is 15.9 Å². The van der Waals surface area contributed by atoms with Crippen LogP contribution in [0.15, 0.2) is 52.1 Å². The number of aromatic nitrogens is 3. The second-order valence-electron chi connectivity index (χ2n) is 7.72. The van der Waals surface area contributed by atoms with Crippen LogP contribution in [0.4, 0.5) is 0 Å². The van der Waals surface area contributed by atoms with Crippen LogP contribution >= 0.6 is 15.9 Å². The summed E-state index contributed by atoms with van der Waals surface area (Å²) in [5, 5.41) is 22.2. The fraction of sp³-hybridized carbons (Fsp3) is 0.273. The third-order valence-corrected chi connectivity index (χ3v) is 8.01. The molecule has 176 valence electrons. The van der Waals surface area contributed by atoms with Crippen LogP contribution in [-0.4, -0.2) is 45.6 Å². The van der Waals surface area contributed by atoms with E-state index in [4.69, 9.17) is 15.1 Å². The van der Waals surface area contributed by atoms with Crippen molar-refractivity contribution in [1.29, 1.82) is 5.26 Å². The summed E-state index contributed by atoms with van der Waals surface area (Å²) in [6.45, 7) is -0.268. The molecule has 0 bridgehead atoms. The number of nitrogens with zero attached hydrogens (tertiary/aromatic N) is 5. The number of rotatable bonds is 7. The average Bonchev–Trinajstić information content (AvgIpc) is 3.22. The minimum Gasteiger partial charge on any atom is -0.480 e. The molecule has 0 radical (unpaired) electrons. The van der Waals surface area contributed by atoms with Gasteiger partial charge in [-0.1, -0.05) is 0 Å². The first-order chi connectivity index (χ1) is 16.2. The van der Waals surface area contributed by atoms with Crippen molar-refractivity contribution in [2.45, 2.75) is 36.7 Å². The van der Waals surface area contributed by atoms with Gasteiger partial charge in [0.25, 0.3) is 0 Å². The summed E-state index contributed by atoms with van der Waals surface area (Å²) >= 11 is 3.33. The molecule has 12 heteroatoms. The van der Waals surface area contributed by atoms with E-state index in [1.165, 1.54) is 28.3 Å². The van der Waals surface area contributed by atoms with Gasteiger partial charge in [0.1, 0.15) is 17.2 Å². The van der Waals surface area contributed by atoms with E-state index in [0.717, 1.165) is 5.69 Å². The molecule has 3 aromatic rings. The minimum atomic E-state index is -3.92. The number of ether oxygens (including phenoxy) is 1. The van der Waals surface area contributed by atoms with Crippen LogP contribution in [0.3, 0.4) is 0 Å². The Balaban J connectivity index is 1.57. The van der Waals surface area contributed by atoms with Crippen LogP contribution in [0.2, 0.25) is 0 Å². The number of halogens is 1. The average molecular weight is 546 g/mol. The van der Waals surface area contributed by atoms with Crippen molar-refractivity contribution in [3.63, 3.8) is 0 Å². The topological polar surface area (TPSA) is 138 Å². The normalized spacial score (nSPS) is 15.5. The van der Waals surface area contributed by atoms with E-state index >= 15 is 0 Å². The molecule has 10 nitrogen and oxygen atoms in total. The van der Waals surface area contributed by atoms with Gasteiger partial charge in [-0.15, -0.1) is 0 Å². The van der Waals surface area contributed by atoms with Gasteiger partial charge in [-0.2, -0.15) is 14.7 Å². The highest BCUT2D eigenvalue weighted by atomic mass is 79.9. The van der Waals surface area contributed by atoms with Crippen molar-refractivity contribution < 1.29 is 23.1 Å². The molecule has 2 aromatic heterocycles. The Morgan fingerprint density at radius 3 is 2.74 bits per heavy atom. The van der Waals surface area contributed by atoms with Crippen molar-refractivity contribution >= 4 is 31.9 Å². The van der Waals surface area contributed by atoms with Crippen molar-refractivity contribution in [1.82, 2.24) is 19.1 Å². The molecule has 4 rings (SSSR count). The maximum absolute atomic E-state index is 13.4. The van der Waals surface area contributed by atoms with Crippen LogP contribution in [0.25, 0.3) is 0 Å². The molecular formula is C22H20BrN5O5S. The van der Waals surface area contributed by atoms with Gasteiger partial charge in [0.05, 0.1) is 34.5 Å². The highest BCUT2D eigenvalue weighted by Gasteiger charge is 2.34. The summed E-state index contributed by atoms with van der Waals surface area (Å²) in [7, 11) is -2.42. The van der Waals surface area contributed by atoms with Crippen LogP contribution in [0.5, 0.6) is 11.6 Å². The number of aliphatic carboxylic acids is 1. The number of carboxylic acids is 1. The van der Waals surface area contributed by atoms with Gasteiger partial charge < -0.3 is 9.84 Å². The Kier molecular flexibility index (Phi) is 6.70. The highest BCUT2D eigenvalue weighted by Crippen LogP contribution is 2.37. The number of pyridine rings is 1. The van der Waals surface area contributed by atoms with Crippen molar-refractivity contribution in [2.75, 3.05) is 7.05 Å². The van der Waals surface area contributed by atoms with E-state index in [0.29, 0.717) is 40.6 Å². The number of hydrogen-bond donors (Lipinski definition) is 1. The maximum atomic E-state index is 13.4. The Labute approximate surface area is 204 Å². The fourth-order valence-electron chi connectivity index (χ4n) is 3.90. The first-order valence-corrected chi connectivity index (χ1v) is 12.5. The second kappa shape index (κ2) is 9.54. The van der Waals surface area contributed by atoms with Gasteiger partial charge >= 0.3 is 5.97 Å². The summed E-state index contributed by atoms with van der Waals surface area (Å²) < 4.78 is 35.5. The molecule has 1 aliphatic rings. The van der Waals surface area contributed by atoms with Gasteiger partial charge in [-0.05, 0) is 65.5 Å². The van der Waals surface area contributed by atoms with Crippen LogP contribution in [-0.2, 0) is 27.8 Å². The lowest BCUT2D eigenvalue weighted by Gasteiger charge is -2.30. The van der Waals surface area contributed by atoms with E-state index in [1.54, 1.807) is 30.5 Å². The Hall–Kier alpha value is -3.27. The zero-order chi connectivity index (χ0) is 24.5. The van der Waals surface area contributed by atoms with Crippen LogP contribution in [0, 0.1) is 11.3 Å². The standard InChI is InChI=1S/C22H20BrN5O5S/c1-27(19-3-2-4-20-17(19)12-26-28(20)13-21(29)30)34(31,32)16-9-18(23)22(25-11-16)33-15-7-5-14(10-24)6-8-15/h5-9,11-12,19H,2-4,13H2,1H3,(H,29,30). The first kappa shape index (κ1) is 23.9. The lowest BCUT2D eigenvalue weighted by molar-refractivity contribution is -0.137. The maximum Gasteiger partial charge on any atom is 0.325 e. The molecule has 0 saturated carbocycles. The van der Waals surface area contributed by atoms with Gasteiger partial charge in [0, 0.05) is 18.3 Å². The van der Waals surface area contributed by atoms with Gasteiger partial charge in [0.15, 0.2) is 0 Å². The van der Waals surface area contributed by atoms with Crippen molar-refractivity contribution in [3.05, 3.63) is 64.0 Å². The zero-order valence-electron chi connectivity index (χ0n) is 18.0. The lowest BCUT2D eigenvalue weighted by Crippen LogP contribution is -2.33. The number of sulfonamides is 1. The molecule has 0 aliphatic heterocycles.